The lowest BCUT2D eigenvalue weighted by molar-refractivity contribution is -0.208. The van der Waals surface area contributed by atoms with Crippen molar-refractivity contribution in [2.45, 2.75) is 96.4 Å². The number of fused-ring (bicyclic) bond motifs is 5. The summed E-state index contributed by atoms with van der Waals surface area (Å²) in [5.41, 5.74) is -0.594. The fourth-order valence-corrected chi connectivity index (χ4v) is 10.1. The van der Waals surface area contributed by atoms with Crippen LogP contribution < -0.4 is 5.32 Å². The Morgan fingerprint density at radius 3 is 2.65 bits per heavy atom. The normalized spacial score (nSPS) is 44.9. The molecule has 0 aromatic carbocycles. The number of hydrogen-bond donors (Lipinski definition) is 2. The minimum atomic E-state index is -0.995. The topological polar surface area (TPSA) is 114 Å². The van der Waals surface area contributed by atoms with Crippen molar-refractivity contribution in [2.24, 2.45) is 34.5 Å². The van der Waals surface area contributed by atoms with E-state index >= 15 is 0 Å². The molecule has 0 unspecified atom stereocenters. The molecule has 6 rings (SSSR count). The molecule has 6 aliphatic rings. The SMILES string of the molecule is CC(=O)O[C@H]1C[C@]2(O)[C@@H]3CC[C@@H]4C[C@@H](OC(=O)N5CCCNCC5)CC[C@]4(C)[C@H]3CC[C@]2(C)[C@H]1C1=CC(=O)OC1. The summed E-state index contributed by atoms with van der Waals surface area (Å²) in [6.07, 6.45) is 8.62. The molecule has 0 aromatic rings. The van der Waals surface area contributed by atoms with Gasteiger partial charge < -0.3 is 29.5 Å². The van der Waals surface area contributed by atoms with E-state index in [1.54, 1.807) is 6.08 Å². The molecule has 9 heteroatoms. The smallest absolute Gasteiger partial charge is 0.410 e. The summed E-state index contributed by atoms with van der Waals surface area (Å²) in [6.45, 7) is 9.35. The molecule has 0 radical (unpaired) electrons. The first-order valence-corrected chi connectivity index (χ1v) is 15.5. The van der Waals surface area contributed by atoms with Crippen LogP contribution in [0.15, 0.2) is 11.6 Å². The second-order valence-electron chi connectivity index (χ2n) is 13.9. The van der Waals surface area contributed by atoms with Gasteiger partial charge in [0.25, 0.3) is 0 Å². The second-order valence-corrected chi connectivity index (χ2v) is 13.9. The summed E-state index contributed by atoms with van der Waals surface area (Å²) in [4.78, 5) is 38.9. The lowest BCUT2D eigenvalue weighted by Gasteiger charge is -2.63. The molecule has 2 heterocycles. The molecule has 5 fully saturated rings. The van der Waals surface area contributed by atoms with Crippen LogP contribution in [0.5, 0.6) is 0 Å². The van der Waals surface area contributed by atoms with Crippen molar-refractivity contribution in [3.05, 3.63) is 11.6 Å². The number of amides is 1. The number of aliphatic hydroxyl groups is 1. The molecule has 1 saturated heterocycles. The van der Waals surface area contributed by atoms with E-state index in [2.05, 4.69) is 19.2 Å². The number of hydrogen-bond acceptors (Lipinski definition) is 8. The maximum absolute atomic E-state index is 12.9. The second kappa shape index (κ2) is 10.3. The predicted molar refractivity (Wildman–Crippen MR) is 146 cm³/mol. The first kappa shape index (κ1) is 28.0. The van der Waals surface area contributed by atoms with Gasteiger partial charge in [-0.2, -0.15) is 0 Å². The number of nitrogens with one attached hydrogen (secondary N) is 1. The first-order valence-electron chi connectivity index (χ1n) is 15.5. The van der Waals surface area contributed by atoms with Crippen molar-refractivity contribution in [2.75, 3.05) is 32.8 Å². The van der Waals surface area contributed by atoms with Crippen molar-refractivity contribution >= 4 is 18.0 Å². The van der Waals surface area contributed by atoms with Crippen molar-refractivity contribution < 1.29 is 33.7 Å². The van der Waals surface area contributed by atoms with E-state index in [-0.39, 0.29) is 48.0 Å². The Kier molecular flexibility index (Phi) is 7.21. The van der Waals surface area contributed by atoms with Crippen LogP contribution in [0.2, 0.25) is 0 Å². The van der Waals surface area contributed by atoms with Gasteiger partial charge in [0, 0.05) is 50.4 Å². The van der Waals surface area contributed by atoms with Crippen LogP contribution in [0.25, 0.3) is 0 Å². The number of ether oxygens (including phenoxy) is 3. The van der Waals surface area contributed by atoms with E-state index in [1.807, 2.05) is 4.90 Å². The summed E-state index contributed by atoms with van der Waals surface area (Å²) in [6, 6.07) is 0. The van der Waals surface area contributed by atoms with E-state index in [0.717, 1.165) is 76.6 Å². The summed E-state index contributed by atoms with van der Waals surface area (Å²) >= 11 is 0. The van der Waals surface area contributed by atoms with Gasteiger partial charge in [-0.05, 0) is 86.7 Å². The van der Waals surface area contributed by atoms with Gasteiger partial charge in [0.05, 0.1) is 5.60 Å². The Labute approximate surface area is 237 Å². The average molecular weight is 559 g/mol. The van der Waals surface area contributed by atoms with Crippen molar-refractivity contribution in [1.82, 2.24) is 10.2 Å². The van der Waals surface area contributed by atoms with E-state index < -0.39 is 17.1 Å². The maximum atomic E-state index is 12.9. The van der Waals surface area contributed by atoms with Gasteiger partial charge in [-0.15, -0.1) is 0 Å². The highest BCUT2D eigenvalue weighted by molar-refractivity contribution is 5.85. The molecule has 0 spiro atoms. The van der Waals surface area contributed by atoms with Crippen LogP contribution in [0.3, 0.4) is 0 Å². The summed E-state index contributed by atoms with van der Waals surface area (Å²) in [5, 5.41) is 16.0. The fraction of sp³-hybridized carbons (Fsp3) is 0.839. The predicted octanol–water partition coefficient (Wildman–Crippen LogP) is 3.59. The van der Waals surface area contributed by atoms with Gasteiger partial charge in [0.2, 0.25) is 0 Å². The maximum Gasteiger partial charge on any atom is 0.410 e. The highest BCUT2D eigenvalue weighted by Crippen LogP contribution is 2.70. The number of carbonyl (C=O) groups excluding carboxylic acids is 3. The molecule has 222 valence electrons. The van der Waals surface area contributed by atoms with Crippen LogP contribution >= 0.6 is 0 Å². The highest BCUT2D eigenvalue weighted by Gasteiger charge is 2.71. The van der Waals surface area contributed by atoms with Gasteiger partial charge in [-0.3, -0.25) is 4.79 Å². The summed E-state index contributed by atoms with van der Waals surface area (Å²) in [7, 11) is 0. The molecule has 1 amide bonds. The van der Waals surface area contributed by atoms with Crippen molar-refractivity contribution in [1.29, 1.82) is 0 Å². The molecular formula is C31H46N2O7. The zero-order chi connectivity index (χ0) is 28.3. The largest absolute Gasteiger partial charge is 0.462 e. The van der Waals surface area contributed by atoms with Crippen molar-refractivity contribution in [3.63, 3.8) is 0 Å². The number of rotatable bonds is 3. The van der Waals surface area contributed by atoms with E-state index in [1.165, 1.54) is 6.92 Å². The number of nitrogens with zero attached hydrogens (tertiary/aromatic N) is 1. The molecule has 40 heavy (non-hydrogen) atoms. The van der Waals surface area contributed by atoms with E-state index in [9.17, 15) is 19.5 Å². The Morgan fingerprint density at radius 1 is 1.07 bits per heavy atom. The monoisotopic (exact) mass is 558 g/mol. The number of cyclic esters (lactones) is 1. The zero-order valence-corrected chi connectivity index (χ0v) is 24.3. The quantitative estimate of drug-likeness (QED) is 0.399. The van der Waals surface area contributed by atoms with Crippen molar-refractivity contribution in [3.8, 4) is 0 Å². The van der Waals surface area contributed by atoms with E-state index in [0.29, 0.717) is 24.8 Å². The van der Waals surface area contributed by atoms with Gasteiger partial charge in [-0.1, -0.05) is 13.8 Å². The Morgan fingerprint density at radius 2 is 1.90 bits per heavy atom. The number of esters is 2. The molecular weight excluding hydrogens is 512 g/mol. The first-order chi connectivity index (χ1) is 19.0. The third-order valence-corrected chi connectivity index (χ3v) is 12.1. The van der Waals surface area contributed by atoms with Crippen LogP contribution in [-0.2, 0) is 23.8 Å². The van der Waals surface area contributed by atoms with Crippen LogP contribution in [-0.4, -0.2) is 78.6 Å². The van der Waals surface area contributed by atoms with Gasteiger partial charge in [-0.25, -0.2) is 9.59 Å². The number of carbonyl (C=O) groups is 3. The molecule has 2 N–H and O–H groups in total. The summed E-state index contributed by atoms with van der Waals surface area (Å²) in [5.74, 6) is -0.0547. The van der Waals surface area contributed by atoms with Crippen LogP contribution in [0, 0.1) is 34.5 Å². The van der Waals surface area contributed by atoms with Gasteiger partial charge >= 0.3 is 18.0 Å². The van der Waals surface area contributed by atoms with Gasteiger partial charge in [0.15, 0.2) is 0 Å². The molecule has 4 aliphatic carbocycles. The Balaban J connectivity index is 1.20. The molecule has 0 aromatic heterocycles. The molecule has 2 aliphatic heterocycles. The molecule has 4 saturated carbocycles. The lowest BCUT2D eigenvalue weighted by atomic mass is 9.43. The lowest BCUT2D eigenvalue weighted by Crippen LogP contribution is -2.62. The fourth-order valence-electron chi connectivity index (χ4n) is 10.1. The Hall–Kier alpha value is -2.13. The van der Waals surface area contributed by atoms with Crippen LogP contribution in [0.1, 0.15) is 78.6 Å². The highest BCUT2D eigenvalue weighted by atomic mass is 16.6. The van der Waals surface area contributed by atoms with E-state index in [4.69, 9.17) is 14.2 Å². The third-order valence-electron chi connectivity index (χ3n) is 12.1. The minimum Gasteiger partial charge on any atom is -0.462 e. The third kappa shape index (κ3) is 4.46. The minimum absolute atomic E-state index is 0.0497. The molecule has 0 bridgehead atoms. The molecule has 9 nitrogen and oxygen atoms in total. The standard InChI is InChI=1S/C31H46N2O7/c1-19(34)39-25-17-31(37)24-6-5-21-16-22(40-28(36)33-13-4-11-32-12-14-33)7-9-29(21,2)23(24)8-10-30(31,3)27(25)20-15-26(35)38-18-20/h15,21-25,27,32,37H,4-14,16-18H2,1-3H3/t21-,22+,23+,24-,25+,27+,29+,30-,31+/m1/s1. The van der Waals surface area contributed by atoms with Crippen LogP contribution in [0.4, 0.5) is 4.79 Å². The summed E-state index contributed by atoms with van der Waals surface area (Å²) < 4.78 is 17.2. The zero-order valence-electron chi connectivity index (χ0n) is 24.3. The Bertz CT molecular complexity index is 1070. The molecule has 9 atom stereocenters. The average Bonchev–Trinajstić information content (AvgIpc) is 3.26. The van der Waals surface area contributed by atoms with Gasteiger partial charge in [0.1, 0.15) is 18.8 Å².